The average Bonchev–Trinajstić information content (AvgIpc) is 3.20. The van der Waals surface area contributed by atoms with Gasteiger partial charge in [0.05, 0.1) is 5.56 Å². The van der Waals surface area contributed by atoms with Gasteiger partial charge in [0.15, 0.2) is 0 Å². The minimum Gasteiger partial charge on any atom is -0.355 e. The van der Waals surface area contributed by atoms with E-state index in [4.69, 9.17) is 4.52 Å². The van der Waals surface area contributed by atoms with Crippen molar-refractivity contribution in [3.63, 3.8) is 0 Å². The van der Waals surface area contributed by atoms with Gasteiger partial charge in [-0.3, -0.25) is 4.98 Å². The lowest BCUT2D eigenvalue weighted by atomic mass is 9.90. The number of pyridine rings is 2. The normalized spacial score (nSPS) is 20.4. The predicted octanol–water partition coefficient (Wildman–Crippen LogP) is 3.17. The van der Waals surface area contributed by atoms with Crippen LogP contribution in [0.15, 0.2) is 47.4 Å². The molecule has 0 radical (unpaired) electrons. The largest absolute Gasteiger partial charge is 0.355 e. The first-order chi connectivity index (χ1) is 13.3. The maximum absolute atomic E-state index is 9.30. The third-order valence-electron chi connectivity index (χ3n) is 5.82. The van der Waals surface area contributed by atoms with Gasteiger partial charge in [0.1, 0.15) is 11.9 Å². The van der Waals surface area contributed by atoms with E-state index in [0.717, 1.165) is 49.6 Å². The van der Waals surface area contributed by atoms with E-state index in [1.807, 2.05) is 18.2 Å². The van der Waals surface area contributed by atoms with Crippen LogP contribution >= 0.6 is 0 Å². The second kappa shape index (κ2) is 6.16. The molecule has 2 fully saturated rings. The van der Waals surface area contributed by atoms with Crippen LogP contribution in [0.3, 0.4) is 0 Å². The van der Waals surface area contributed by atoms with Crippen molar-refractivity contribution < 1.29 is 4.52 Å². The highest BCUT2D eigenvalue weighted by molar-refractivity contribution is 5.54. The highest BCUT2D eigenvalue weighted by Crippen LogP contribution is 2.64. The summed E-state index contributed by atoms with van der Waals surface area (Å²) in [5, 5.41) is 13.4. The van der Waals surface area contributed by atoms with Crippen molar-refractivity contribution in [1.29, 1.82) is 5.26 Å². The molecule has 1 saturated heterocycles. The predicted molar refractivity (Wildman–Crippen MR) is 97.7 cm³/mol. The molecular weight excluding hydrogens is 340 g/mol. The molecule has 3 aromatic heterocycles. The van der Waals surface area contributed by atoms with Gasteiger partial charge >= 0.3 is 0 Å². The Morgan fingerprint density at radius 1 is 1.19 bits per heavy atom. The second-order valence-corrected chi connectivity index (χ2v) is 7.29. The molecule has 1 atom stereocenters. The third kappa shape index (κ3) is 2.74. The van der Waals surface area contributed by atoms with E-state index in [9.17, 15) is 5.26 Å². The van der Waals surface area contributed by atoms with Gasteiger partial charge in [-0.2, -0.15) is 10.2 Å². The zero-order valence-electron chi connectivity index (χ0n) is 14.7. The molecule has 0 N–H and O–H groups in total. The molecule has 1 aliphatic carbocycles. The fourth-order valence-electron chi connectivity index (χ4n) is 4.14. The minimum atomic E-state index is 0.247. The van der Waals surface area contributed by atoms with Gasteiger partial charge in [0, 0.05) is 43.2 Å². The van der Waals surface area contributed by atoms with Gasteiger partial charge in [-0.05, 0) is 48.9 Å². The molecule has 2 aliphatic rings. The fraction of sp³-hybridized carbons (Fsp3) is 0.350. The summed E-state index contributed by atoms with van der Waals surface area (Å²) in [5.41, 5.74) is 1.76. The zero-order chi connectivity index (χ0) is 18.3. The van der Waals surface area contributed by atoms with E-state index in [2.05, 4.69) is 31.1 Å². The zero-order valence-corrected chi connectivity index (χ0v) is 14.7. The SMILES string of the molecule is N#Cc1cccnc1N1CCC2(CC1)C[C@H]2c1nc(-c2cccnc2)no1. The average molecular weight is 358 g/mol. The van der Waals surface area contributed by atoms with E-state index < -0.39 is 0 Å². The highest BCUT2D eigenvalue weighted by atomic mass is 16.5. The molecule has 1 spiro atoms. The fourth-order valence-corrected chi connectivity index (χ4v) is 4.14. The van der Waals surface area contributed by atoms with E-state index >= 15 is 0 Å². The van der Waals surface area contributed by atoms with Gasteiger partial charge in [-0.1, -0.05) is 5.16 Å². The summed E-state index contributed by atoms with van der Waals surface area (Å²) in [6.07, 6.45) is 8.40. The van der Waals surface area contributed by atoms with Crippen LogP contribution in [0.2, 0.25) is 0 Å². The lowest BCUT2D eigenvalue weighted by Crippen LogP contribution is -2.36. The molecule has 134 valence electrons. The Hall–Kier alpha value is -3.27. The number of nitrogens with zero attached hydrogens (tertiary/aromatic N) is 6. The van der Waals surface area contributed by atoms with Crippen molar-refractivity contribution in [2.24, 2.45) is 5.41 Å². The third-order valence-corrected chi connectivity index (χ3v) is 5.82. The molecule has 3 aromatic rings. The molecule has 0 amide bonds. The van der Waals surface area contributed by atoms with Gasteiger partial charge in [-0.25, -0.2) is 4.98 Å². The topological polar surface area (TPSA) is 91.7 Å². The smallest absolute Gasteiger partial charge is 0.230 e. The Kier molecular flexibility index (Phi) is 3.64. The van der Waals surface area contributed by atoms with Crippen molar-refractivity contribution in [2.45, 2.75) is 25.2 Å². The van der Waals surface area contributed by atoms with Crippen LogP contribution in [0.5, 0.6) is 0 Å². The summed E-state index contributed by atoms with van der Waals surface area (Å²) >= 11 is 0. The summed E-state index contributed by atoms with van der Waals surface area (Å²) in [6.45, 7) is 1.79. The molecule has 5 rings (SSSR count). The second-order valence-electron chi connectivity index (χ2n) is 7.29. The van der Waals surface area contributed by atoms with Crippen molar-refractivity contribution in [3.8, 4) is 17.5 Å². The first kappa shape index (κ1) is 15.9. The lowest BCUT2D eigenvalue weighted by molar-refractivity contribution is 0.326. The molecule has 7 heteroatoms. The van der Waals surface area contributed by atoms with Crippen molar-refractivity contribution in [2.75, 3.05) is 18.0 Å². The number of piperidine rings is 1. The summed E-state index contributed by atoms with van der Waals surface area (Å²) in [6, 6.07) is 9.67. The van der Waals surface area contributed by atoms with E-state index in [1.165, 1.54) is 0 Å². The molecule has 27 heavy (non-hydrogen) atoms. The summed E-state index contributed by atoms with van der Waals surface area (Å²) in [4.78, 5) is 15.3. The quantitative estimate of drug-likeness (QED) is 0.710. The lowest BCUT2D eigenvalue weighted by Gasteiger charge is -2.33. The van der Waals surface area contributed by atoms with Crippen molar-refractivity contribution >= 4 is 5.82 Å². The Morgan fingerprint density at radius 2 is 2.04 bits per heavy atom. The molecule has 4 heterocycles. The minimum absolute atomic E-state index is 0.247. The van der Waals surface area contributed by atoms with Gasteiger partial charge in [0.2, 0.25) is 11.7 Å². The van der Waals surface area contributed by atoms with Crippen LogP contribution in [-0.2, 0) is 0 Å². The van der Waals surface area contributed by atoms with Gasteiger partial charge < -0.3 is 9.42 Å². The van der Waals surface area contributed by atoms with Crippen LogP contribution in [-0.4, -0.2) is 33.2 Å². The molecule has 1 saturated carbocycles. The number of anilines is 1. The van der Waals surface area contributed by atoms with Crippen LogP contribution in [0.25, 0.3) is 11.4 Å². The Labute approximate surface area is 156 Å². The van der Waals surface area contributed by atoms with Crippen LogP contribution in [0.4, 0.5) is 5.82 Å². The monoisotopic (exact) mass is 358 g/mol. The molecule has 7 nitrogen and oxygen atoms in total. The maximum atomic E-state index is 9.30. The van der Waals surface area contributed by atoms with E-state index in [0.29, 0.717) is 17.3 Å². The molecule has 1 aliphatic heterocycles. The first-order valence-corrected chi connectivity index (χ1v) is 9.13. The molecule has 0 unspecified atom stereocenters. The number of rotatable bonds is 3. The Bertz CT molecular complexity index is 1000. The standard InChI is InChI=1S/C20H18N6O/c21-12-14-3-2-8-23-18(14)26-9-5-20(6-10-26)11-16(20)19-24-17(25-27-19)15-4-1-7-22-13-15/h1-4,7-8,13,16H,5-6,9-11H2/t16-/m0/s1. The van der Waals surface area contributed by atoms with Crippen LogP contribution < -0.4 is 4.90 Å². The van der Waals surface area contributed by atoms with E-state index in [1.54, 1.807) is 24.7 Å². The summed E-state index contributed by atoms with van der Waals surface area (Å²) in [7, 11) is 0. The Morgan fingerprint density at radius 3 is 2.81 bits per heavy atom. The van der Waals surface area contributed by atoms with E-state index in [-0.39, 0.29) is 5.41 Å². The Balaban J connectivity index is 1.29. The number of hydrogen-bond acceptors (Lipinski definition) is 7. The van der Waals surface area contributed by atoms with Crippen molar-refractivity contribution in [1.82, 2.24) is 20.1 Å². The van der Waals surface area contributed by atoms with Gasteiger partial charge in [0.25, 0.3) is 0 Å². The number of aromatic nitrogens is 4. The van der Waals surface area contributed by atoms with Crippen LogP contribution in [0, 0.1) is 16.7 Å². The number of hydrogen-bond donors (Lipinski definition) is 0. The first-order valence-electron chi connectivity index (χ1n) is 9.13. The highest BCUT2D eigenvalue weighted by Gasteiger charge is 2.58. The van der Waals surface area contributed by atoms with Gasteiger partial charge in [-0.15, -0.1) is 0 Å². The maximum Gasteiger partial charge on any atom is 0.230 e. The van der Waals surface area contributed by atoms with Crippen molar-refractivity contribution in [3.05, 3.63) is 54.3 Å². The van der Waals surface area contributed by atoms with Crippen LogP contribution in [0.1, 0.15) is 36.6 Å². The number of nitriles is 1. The molecule has 0 bridgehead atoms. The summed E-state index contributed by atoms with van der Waals surface area (Å²) < 4.78 is 5.56. The molecular formula is C20H18N6O. The molecule has 0 aromatic carbocycles. The summed E-state index contributed by atoms with van der Waals surface area (Å²) in [5.74, 6) is 2.46.